The number of carbonyl (C=O) groups is 1. The number of carbonyl (C=O) groups excluding carboxylic acids is 1. The Labute approximate surface area is 287 Å². The first-order valence-electron chi connectivity index (χ1n) is 16.6. The molecule has 0 saturated carbocycles. The van der Waals surface area contributed by atoms with E-state index < -0.39 is 22.4 Å². The zero-order valence-corrected chi connectivity index (χ0v) is 29.5. The van der Waals surface area contributed by atoms with Crippen LogP contribution in [0.1, 0.15) is 71.9 Å². The van der Waals surface area contributed by atoms with Crippen molar-refractivity contribution in [2.24, 2.45) is 0 Å². The summed E-state index contributed by atoms with van der Waals surface area (Å²) in [5.41, 5.74) is -0.102. The fourth-order valence-electron chi connectivity index (χ4n) is 6.78. The van der Waals surface area contributed by atoms with Crippen molar-refractivity contribution in [3.63, 3.8) is 0 Å². The van der Waals surface area contributed by atoms with Gasteiger partial charge in [-0.25, -0.2) is 4.98 Å². The number of pyridine rings is 1. The number of piperazine rings is 1. The number of nitrogens with zero attached hydrogens (tertiary/aromatic N) is 4. The SMILES string of the molecule is CCC[C@H]1CN(c2ncc(Nc3c(NCC(=O)OC(C)(C)C)c(=O)c3=O)cc2Cl)CCN1C1CCN([C@@H](C)c2ccc(Cl)cc2)CC1. The molecule has 2 aliphatic rings. The second-order valence-electron chi connectivity index (χ2n) is 13.6. The standard InChI is InChI=1S/C35H46Cl2N6O4/c1-6-7-27-21-42(16-17-43(27)26-12-14-41(15-13-26)22(2)23-8-10-24(36)11-9-23)34-28(37)18-25(19-39-34)40-31-30(32(45)33(31)46)38-20-29(44)47-35(3,4)5/h8-11,18-19,22,26-27,38,40H,6-7,12-17,20-21H2,1-5H3/t22-,27-/m0/s1. The van der Waals surface area contributed by atoms with Crippen LogP contribution in [0.15, 0.2) is 46.1 Å². The summed E-state index contributed by atoms with van der Waals surface area (Å²) in [5, 5.41) is 6.93. The van der Waals surface area contributed by atoms with Crippen LogP contribution in [0.25, 0.3) is 0 Å². The Hall–Kier alpha value is -3.18. The van der Waals surface area contributed by atoms with Crippen LogP contribution < -0.4 is 26.4 Å². The summed E-state index contributed by atoms with van der Waals surface area (Å²) in [6.45, 7) is 14.3. The zero-order chi connectivity index (χ0) is 33.9. The van der Waals surface area contributed by atoms with Gasteiger partial charge >= 0.3 is 5.97 Å². The van der Waals surface area contributed by atoms with Crippen molar-refractivity contribution in [3.05, 3.63) is 72.6 Å². The summed E-state index contributed by atoms with van der Waals surface area (Å²) in [5.74, 6) is 0.180. The molecule has 0 spiro atoms. The average molecular weight is 686 g/mol. The molecular formula is C35H46Cl2N6O4. The second-order valence-corrected chi connectivity index (χ2v) is 14.5. The highest BCUT2D eigenvalue weighted by molar-refractivity contribution is 6.33. The van der Waals surface area contributed by atoms with Crippen LogP contribution >= 0.6 is 23.2 Å². The van der Waals surface area contributed by atoms with E-state index in [9.17, 15) is 14.4 Å². The predicted molar refractivity (Wildman–Crippen MR) is 190 cm³/mol. The molecule has 2 atom stereocenters. The largest absolute Gasteiger partial charge is 0.459 e. The molecule has 0 radical (unpaired) electrons. The number of rotatable bonds is 11. The third kappa shape index (κ3) is 8.46. The molecule has 0 unspecified atom stereocenters. The van der Waals surface area contributed by atoms with E-state index in [-0.39, 0.29) is 17.9 Å². The molecule has 0 bridgehead atoms. The number of halogens is 2. The topological polar surface area (TPSA) is 107 Å². The normalized spacial score (nSPS) is 19.1. The minimum atomic E-state index is -0.687. The Balaban J connectivity index is 1.18. The number of anilines is 4. The molecule has 10 nitrogen and oxygen atoms in total. The Kier molecular flexibility index (Phi) is 11.2. The van der Waals surface area contributed by atoms with Crippen LogP contribution in [0.3, 0.4) is 0 Å². The maximum absolute atomic E-state index is 12.3. The highest BCUT2D eigenvalue weighted by Crippen LogP contribution is 2.33. The Bertz CT molecular complexity index is 1610. The molecule has 2 saturated heterocycles. The van der Waals surface area contributed by atoms with Gasteiger partial charge in [-0.15, -0.1) is 0 Å². The summed E-state index contributed by atoms with van der Waals surface area (Å²) < 4.78 is 5.27. The van der Waals surface area contributed by atoms with Gasteiger partial charge in [-0.3, -0.25) is 24.2 Å². The van der Waals surface area contributed by atoms with Crippen molar-refractivity contribution in [2.45, 2.75) is 84.0 Å². The predicted octanol–water partition coefficient (Wildman–Crippen LogP) is 6.00. The van der Waals surface area contributed by atoms with Gasteiger partial charge in [-0.05, 0) is 70.7 Å². The highest BCUT2D eigenvalue weighted by atomic mass is 35.5. The summed E-state index contributed by atoms with van der Waals surface area (Å²) in [4.78, 5) is 48.9. The molecule has 3 heterocycles. The van der Waals surface area contributed by atoms with Crippen LogP contribution in [-0.4, -0.2) is 77.7 Å². The van der Waals surface area contributed by atoms with Gasteiger partial charge in [0.2, 0.25) is 0 Å². The molecule has 2 aromatic carbocycles. The molecule has 254 valence electrons. The fourth-order valence-corrected chi connectivity index (χ4v) is 7.20. The van der Waals surface area contributed by atoms with Gasteiger partial charge in [0.25, 0.3) is 10.9 Å². The fraction of sp³-hybridized carbons (Fsp3) is 0.543. The number of piperidine rings is 1. The number of likely N-dealkylation sites (tertiary alicyclic amines) is 1. The van der Waals surface area contributed by atoms with Gasteiger partial charge in [0.15, 0.2) is 0 Å². The number of hydrogen-bond donors (Lipinski definition) is 2. The number of hydrogen-bond acceptors (Lipinski definition) is 10. The third-order valence-corrected chi connectivity index (χ3v) is 9.68. The minimum absolute atomic E-state index is 0.0462. The summed E-state index contributed by atoms with van der Waals surface area (Å²) in [6.07, 6.45) is 6.09. The molecule has 2 aliphatic heterocycles. The van der Waals surface area contributed by atoms with Crippen molar-refractivity contribution in [1.82, 2.24) is 14.8 Å². The van der Waals surface area contributed by atoms with Gasteiger partial charge in [0.1, 0.15) is 29.3 Å². The van der Waals surface area contributed by atoms with Crippen LogP contribution in [0.5, 0.6) is 0 Å². The molecule has 2 fully saturated rings. The zero-order valence-electron chi connectivity index (χ0n) is 27.9. The van der Waals surface area contributed by atoms with E-state index in [0.29, 0.717) is 34.7 Å². The number of ether oxygens (including phenoxy) is 1. The van der Waals surface area contributed by atoms with Crippen molar-refractivity contribution in [3.8, 4) is 0 Å². The maximum Gasteiger partial charge on any atom is 0.325 e. The third-order valence-electron chi connectivity index (χ3n) is 9.15. The van der Waals surface area contributed by atoms with E-state index in [4.69, 9.17) is 27.9 Å². The molecule has 12 heteroatoms. The van der Waals surface area contributed by atoms with E-state index in [0.717, 1.165) is 63.4 Å². The quantitative estimate of drug-likeness (QED) is 0.185. The lowest BCUT2D eigenvalue weighted by atomic mass is 9.95. The Morgan fingerprint density at radius 3 is 2.36 bits per heavy atom. The number of benzene rings is 1. The lowest BCUT2D eigenvalue weighted by Gasteiger charge is -2.48. The van der Waals surface area contributed by atoms with Gasteiger partial charge < -0.3 is 20.3 Å². The lowest BCUT2D eigenvalue weighted by molar-refractivity contribution is -0.152. The monoisotopic (exact) mass is 684 g/mol. The lowest BCUT2D eigenvalue weighted by Crippen LogP contribution is -2.58. The van der Waals surface area contributed by atoms with Crippen molar-refractivity contribution < 1.29 is 9.53 Å². The number of nitrogens with one attached hydrogen (secondary N) is 2. The minimum Gasteiger partial charge on any atom is -0.459 e. The van der Waals surface area contributed by atoms with Crippen molar-refractivity contribution in [2.75, 3.05) is 54.8 Å². The van der Waals surface area contributed by atoms with Crippen LogP contribution in [0, 0.1) is 0 Å². The van der Waals surface area contributed by atoms with E-state index in [1.165, 1.54) is 5.56 Å². The first-order valence-corrected chi connectivity index (χ1v) is 17.3. The Morgan fingerprint density at radius 2 is 1.72 bits per heavy atom. The van der Waals surface area contributed by atoms with Crippen LogP contribution in [0.4, 0.5) is 22.9 Å². The van der Waals surface area contributed by atoms with E-state index in [1.807, 2.05) is 12.1 Å². The Morgan fingerprint density at radius 1 is 1.04 bits per heavy atom. The van der Waals surface area contributed by atoms with Gasteiger partial charge in [-0.1, -0.05) is 48.7 Å². The van der Waals surface area contributed by atoms with Crippen LogP contribution in [0.2, 0.25) is 10.0 Å². The van der Waals surface area contributed by atoms with Gasteiger partial charge in [0, 0.05) is 55.9 Å². The first-order chi connectivity index (χ1) is 22.3. The molecular weight excluding hydrogens is 639 g/mol. The average Bonchev–Trinajstić information content (AvgIpc) is 3.03. The van der Waals surface area contributed by atoms with Crippen LogP contribution in [-0.2, 0) is 9.53 Å². The highest BCUT2D eigenvalue weighted by Gasteiger charge is 2.35. The second kappa shape index (κ2) is 14.9. The van der Waals surface area contributed by atoms with Gasteiger partial charge in [-0.2, -0.15) is 0 Å². The summed E-state index contributed by atoms with van der Waals surface area (Å²) in [6, 6.07) is 11.2. The molecule has 47 heavy (non-hydrogen) atoms. The molecule has 3 aromatic rings. The van der Waals surface area contributed by atoms with E-state index in [2.05, 4.69) is 56.3 Å². The van der Waals surface area contributed by atoms with E-state index >= 15 is 0 Å². The van der Waals surface area contributed by atoms with Crippen molar-refractivity contribution in [1.29, 1.82) is 0 Å². The van der Waals surface area contributed by atoms with E-state index in [1.54, 1.807) is 33.0 Å². The molecule has 2 N–H and O–H groups in total. The maximum atomic E-state index is 12.3. The number of aromatic nitrogens is 1. The molecule has 5 rings (SSSR count). The number of esters is 1. The van der Waals surface area contributed by atoms with Gasteiger partial charge in [0.05, 0.1) is 16.9 Å². The first kappa shape index (κ1) is 35.1. The summed E-state index contributed by atoms with van der Waals surface area (Å²) in [7, 11) is 0. The van der Waals surface area contributed by atoms with Crippen molar-refractivity contribution >= 4 is 52.1 Å². The molecule has 0 amide bonds. The summed E-state index contributed by atoms with van der Waals surface area (Å²) >= 11 is 12.9. The smallest absolute Gasteiger partial charge is 0.325 e. The molecule has 1 aromatic heterocycles. The molecule has 0 aliphatic carbocycles.